The van der Waals surface area contributed by atoms with Crippen LogP contribution in [0.15, 0.2) is 71.2 Å². The molecule has 0 spiro atoms. The van der Waals surface area contributed by atoms with E-state index in [-0.39, 0.29) is 0 Å². The number of phenolic OH excluding ortho intramolecular Hbond substituents is 1. The molecule has 0 fully saturated rings. The minimum atomic E-state index is 0.382. The van der Waals surface area contributed by atoms with Crippen molar-refractivity contribution in [3.63, 3.8) is 0 Å². The maximum Gasteiger partial charge on any atom is 0.120 e. The van der Waals surface area contributed by atoms with Gasteiger partial charge in [-0.25, -0.2) is 0 Å². The predicted octanol–water partition coefficient (Wildman–Crippen LogP) is 5.60. The first kappa shape index (κ1) is 16.4. The summed E-state index contributed by atoms with van der Waals surface area (Å²) in [4.78, 5) is 2.39. The van der Waals surface area contributed by atoms with Gasteiger partial charge in [0.25, 0.3) is 0 Å². The Labute approximate surface area is 156 Å². The Morgan fingerprint density at radius 3 is 2.60 bits per heavy atom. The van der Waals surface area contributed by atoms with Crippen LogP contribution in [0.25, 0.3) is 16.3 Å². The topological polar surface area (TPSA) is 23.5 Å². The third-order valence-corrected chi connectivity index (χ3v) is 5.38. The summed E-state index contributed by atoms with van der Waals surface area (Å²) in [5, 5.41) is 12.7. The number of nitrogens with zero attached hydrogens (tertiary/aromatic N) is 1. The molecule has 0 unspecified atom stereocenters. The van der Waals surface area contributed by atoms with Crippen LogP contribution in [-0.4, -0.2) is 23.1 Å². The minimum absolute atomic E-state index is 0.382. The fourth-order valence-electron chi connectivity index (χ4n) is 3.51. The molecule has 25 heavy (non-hydrogen) atoms. The fraction of sp³-hybridized carbons (Fsp3) is 0.182. The van der Waals surface area contributed by atoms with Crippen LogP contribution in [0.4, 0.5) is 0 Å². The highest BCUT2D eigenvalue weighted by molar-refractivity contribution is 9.10. The molecular weight excluding hydrogens is 374 g/mol. The van der Waals surface area contributed by atoms with Crippen LogP contribution in [0.2, 0.25) is 0 Å². The van der Waals surface area contributed by atoms with Crippen molar-refractivity contribution in [1.82, 2.24) is 4.90 Å². The molecule has 0 saturated carbocycles. The second kappa shape index (κ2) is 7.03. The highest BCUT2D eigenvalue weighted by Crippen LogP contribution is 2.31. The molecule has 1 heterocycles. The first-order valence-electron chi connectivity index (χ1n) is 8.57. The summed E-state index contributed by atoms with van der Waals surface area (Å²) in [6.07, 6.45) is 3.36. The van der Waals surface area contributed by atoms with E-state index < -0.39 is 0 Å². The van der Waals surface area contributed by atoms with Crippen LogP contribution in [0.1, 0.15) is 17.5 Å². The molecule has 2 nitrogen and oxygen atoms in total. The minimum Gasteiger partial charge on any atom is -0.508 e. The SMILES string of the molecule is Oc1ccc2cc(Br)ccc2c1CN1CC=C(c2ccccc2)CC1. The fourth-order valence-corrected chi connectivity index (χ4v) is 3.89. The normalized spacial score (nSPS) is 15.3. The van der Waals surface area contributed by atoms with Gasteiger partial charge in [-0.1, -0.05) is 64.5 Å². The zero-order valence-corrected chi connectivity index (χ0v) is 15.5. The molecule has 0 amide bonds. The third kappa shape index (κ3) is 3.48. The highest BCUT2D eigenvalue weighted by Gasteiger charge is 2.16. The molecule has 0 atom stereocenters. The lowest BCUT2D eigenvalue weighted by molar-refractivity contribution is 0.290. The molecule has 1 N–H and O–H groups in total. The van der Waals surface area contributed by atoms with Crippen LogP contribution in [-0.2, 0) is 6.54 Å². The maximum atomic E-state index is 10.4. The molecule has 3 aromatic rings. The van der Waals surface area contributed by atoms with Gasteiger partial charge in [-0.05, 0) is 46.5 Å². The van der Waals surface area contributed by atoms with Gasteiger partial charge >= 0.3 is 0 Å². The average molecular weight is 394 g/mol. The lowest BCUT2D eigenvalue weighted by Crippen LogP contribution is -2.28. The van der Waals surface area contributed by atoms with Crippen molar-refractivity contribution in [3.8, 4) is 5.75 Å². The van der Waals surface area contributed by atoms with Gasteiger partial charge in [-0.3, -0.25) is 4.90 Å². The van der Waals surface area contributed by atoms with Gasteiger partial charge in [0.1, 0.15) is 5.75 Å². The van der Waals surface area contributed by atoms with Crippen molar-refractivity contribution < 1.29 is 5.11 Å². The van der Waals surface area contributed by atoms with Gasteiger partial charge in [0.15, 0.2) is 0 Å². The first-order valence-corrected chi connectivity index (χ1v) is 9.37. The summed E-state index contributed by atoms with van der Waals surface area (Å²) in [5.41, 5.74) is 3.75. The Morgan fingerprint density at radius 2 is 1.84 bits per heavy atom. The number of benzene rings is 3. The second-order valence-corrected chi connectivity index (χ2v) is 7.42. The molecule has 0 aromatic heterocycles. The Balaban J connectivity index is 1.57. The zero-order valence-electron chi connectivity index (χ0n) is 14.0. The molecule has 126 valence electrons. The molecule has 0 bridgehead atoms. The lowest BCUT2D eigenvalue weighted by Gasteiger charge is -2.27. The van der Waals surface area contributed by atoms with Crippen LogP contribution in [0.3, 0.4) is 0 Å². The third-order valence-electron chi connectivity index (χ3n) is 4.89. The van der Waals surface area contributed by atoms with Gasteiger partial charge in [0.2, 0.25) is 0 Å². The molecule has 0 saturated heterocycles. The van der Waals surface area contributed by atoms with Crippen LogP contribution in [0, 0.1) is 0 Å². The van der Waals surface area contributed by atoms with Crippen molar-refractivity contribution in [2.75, 3.05) is 13.1 Å². The molecular formula is C22H20BrNO. The van der Waals surface area contributed by atoms with E-state index in [9.17, 15) is 5.11 Å². The van der Waals surface area contributed by atoms with E-state index in [0.29, 0.717) is 5.75 Å². The van der Waals surface area contributed by atoms with Gasteiger partial charge in [-0.15, -0.1) is 0 Å². The Hall–Kier alpha value is -2.10. The molecule has 1 aliphatic heterocycles. The molecule has 0 radical (unpaired) electrons. The average Bonchev–Trinajstić information content (AvgIpc) is 2.65. The van der Waals surface area contributed by atoms with E-state index in [0.717, 1.165) is 46.9 Å². The van der Waals surface area contributed by atoms with Gasteiger partial charge < -0.3 is 5.11 Å². The van der Waals surface area contributed by atoms with Gasteiger partial charge in [-0.2, -0.15) is 0 Å². The number of halogens is 1. The van der Waals surface area contributed by atoms with E-state index in [2.05, 4.69) is 69.4 Å². The van der Waals surface area contributed by atoms with Crippen LogP contribution in [0.5, 0.6) is 5.75 Å². The zero-order chi connectivity index (χ0) is 17.2. The van der Waals surface area contributed by atoms with Crippen LogP contribution < -0.4 is 0 Å². The van der Waals surface area contributed by atoms with E-state index >= 15 is 0 Å². The summed E-state index contributed by atoms with van der Waals surface area (Å²) in [6.45, 7) is 2.69. The smallest absolute Gasteiger partial charge is 0.120 e. The summed E-state index contributed by atoms with van der Waals surface area (Å²) in [7, 11) is 0. The maximum absolute atomic E-state index is 10.4. The molecule has 3 aromatic carbocycles. The summed E-state index contributed by atoms with van der Waals surface area (Å²) in [5.74, 6) is 0.382. The second-order valence-electron chi connectivity index (χ2n) is 6.51. The molecule has 0 aliphatic carbocycles. The molecule has 3 heteroatoms. The number of hydrogen-bond acceptors (Lipinski definition) is 2. The molecule has 4 rings (SSSR count). The lowest BCUT2D eigenvalue weighted by atomic mass is 9.98. The Kier molecular flexibility index (Phi) is 4.60. The van der Waals surface area contributed by atoms with Crippen molar-refractivity contribution >= 4 is 32.3 Å². The predicted molar refractivity (Wildman–Crippen MR) is 108 cm³/mol. The summed E-state index contributed by atoms with van der Waals surface area (Å²) in [6, 6.07) is 20.6. The van der Waals surface area contributed by atoms with Crippen molar-refractivity contribution in [1.29, 1.82) is 0 Å². The summed E-state index contributed by atoms with van der Waals surface area (Å²) >= 11 is 3.52. The standard InChI is InChI=1S/C22H20BrNO/c23-19-7-8-20-18(14-19)6-9-22(25)21(20)15-24-12-10-17(11-13-24)16-4-2-1-3-5-16/h1-10,14,25H,11-13,15H2. The van der Waals surface area contributed by atoms with Crippen molar-refractivity contribution in [3.05, 3.63) is 82.3 Å². The largest absolute Gasteiger partial charge is 0.508 e. The number of fused-ring (bicyclic) bond motifs is 1. The van der Waals surface area contributed by atoms with E-state index in [1.807, 2.05) is 12.1 Å². The number of aromatic hydroxyl groups is 1. The highest BCUT2D eigenvalue weighted by atomic mass is 79.9. The Bertz CT molecular complexity index is 933. The van der Waals surface area contributed by atoms with Crippen LogP contribution >= 0.6 is 15.9 Å². The quantitative estimate of drug-likeness (QED) is 0.625. The number of phenols is 1. The van der Waals surface area contributed by atoms with Gasteiger partial charge in [0.05, 0.1) is 0 Å². The van der Waals surface area contributed by atoms with E-state index in [1.165, 1.54) is 11.1 Å². The van der Waals surface area contributed by atoms with Gasteiger partial charge in [0, 0.05) is 29.7 Å². The van der Waals surface area contributed by atoms with E-state index in [4.69, 9.17) is 0 Å². The Morgan fingerprint density at radius 1 is 1.00 bits per heavy atom. The number of hydrogen-bond donors (Lipinski definition) is 1. The monoisotopic (exact) mass is 393 g/mol. The van der Waals surface area contributed by atoms with E-state index in [1.54, 1.807) is 6.07 Å². The van der Waals surface area contributed by atoms with Crippen molar-refractivity contribution in [2.24, 2.45) is 0 Å². The first-order chi connectivity index (χ1) is 12.2. The summed E-state index contributed by atoms with van der Waals surface area (Å²) < 4.78 is 1.06. The van der Waals surface area contributed by atoms with Crippen molar-refractivity contribution in [2.45, 2.75) is 13.0 Å². The molecule has 1 aliphatic rings. The number of rotatable bonds is 3.